The molecule has 0 spiro atoms. The summed E-state index contributed by atoms with van der Waals surface area (Å²) < 4.78 is 0. The predicted octanol–water partition coefficient (Wildman–Crippen LogP) is 1.89. The minimum Gasteiger partial charge on any atom is -0.481 e. The molecule has 0 unspecified atom stereocenters. The first-order chi connectivity index (χ1) is 8.08. The van der Waals surface area contributed by atoms with Gasteiger partial charge in [-0.05, 0) is 12.1 Å². The Hall–Kier alpha value is -1.49. The van der Waals surface area contributed by atoms with Crippen LogP contribution in [0.4, 0.5) is 5.69 Å². The third-order valence-electron chi connectivity index (χ3n) is 2.69. The van der Waals surface area contributed by atoms with E-state index in [4.69, 9.17) is 5.11 Å². The lowest BCUT2D eigenvalue weighted by Gasteiger charge is -2.27. The van der Waals surface area contributed by atoms with Crippen molar-refractivity contribution in [3.63, 3.8) is 0 Å². The fraction of sp³-hybridized carbons (Fsp3) is 0.333. The molecule has 1 aliphatic heterocycles. The molecule has 0 atom stereocenters. The van der Waals surface area contributed by atoms with E-state index in [1.165, 1.54) is 0 Å². The van der Waals surface area contributed by atoms with Crippen LogP contribution < -0.4 is 4.90 Å². The normalized spacial score (nSPS) is 14.3. The van der Waals surface area contributed by atoms with Gasteiger partial charge in [-0.15, -0.1) is 11.8 Å². The maximum Gasteiger partial charge on any atom is 0.311 e. The summed E-state index contributed by atoms with van der Waals surface area (Å²) in [6.45, 7) is 0.939. The Kier molecular flexibility index (Phi) is 3.38. The van der Waals surface area contributed by atoms with Crippen LogP contribution in [0, 0.1) is 0 Å². The highest BCUT2D eigenvalue weighted by atomic mass is 32.2. The van der Waals surface area contributed by atoms with Gasteiger partial charge in [-0.3, -0.25) is 9.59 Å². The van der Waals surface area contributed by atoms with E-state index in [2.05, 4.69) is 4.90 Å². The van der Waals surface area contributed by atoms with E-state index in [0.29, 0.717) is 5.56 Å². The Morgan fingerprint density at radius 2 is 2.24 bits per heavy atom. The molecule has 5 heteroatoms. The largest absolute Gasteiger partial charge is 0.481 e. The summed E-state index contributed by atoms with van der Waals surface area (Å²) in [5, 5.41) is 8.60. The lowest BCUT2D eigenvalue weighted by atomic mass is 10.1. The highest BCUT2D eigenvalue weighted by molar-refractivity contribution is 7.99. The molecule has 1 N–H and O–H groups in total. The Balaban J connectivity index is 2.29. The lowest BCUT2D eigenvalue weighted by Crippen LogP contribution is -2.24. The number of thioether (sulfide) groups is 1. The molecule has 4 nitrogen and oxygen atoms in total. The van der Waals surface area contributed by atoms with Crippen LogP contribution in [-0.2, 0) is 4.79 Å². The summed E-state index contributed by atoms with van der Waals surface area (Å²) in [5.41, 5.74) is 1.48. The number of rotatable bonds is 3. The third-order valence-corrected chi connectivity index (χ3v) is 3.73. The Morgan fingerprint density at radius 1 is 1.47 bits per heavy atom. The highest BCUT2D eigenvalue weighted by Crippen LogP contribution is 2.34. The molecule has 90 valence electrons. The second-order valence-electron chi connectivity index (χ2n) is 3.95. The molecule has 0 radical (unpaired) electrons. The molecule has 17 heavy (non-hydrogen) atoms. The quantitative estimate of drug-likeness (QED) is 0.656. The monoisotopic (exact) mass is 251 g/mol. The standard InChI is InChI=1S/C12H13NO3S/c1-13-4-5-17-11-3-2-8(6-9(11)13)10(14)7-12(15)16/h2-3,6H,4-5,7H2,1H3,(H,15,16). The van der Waals surface area contributed by atoms with Crippen LogP contribution in [0.1, 0.15) is 16.8 Å². The Labute approximate surface area is 104 Å². The van der Waals surface area contributed by atoms with Gasteiger partial charge in [0.2, 0.25) is 0 Å². The van der Waals surface area contributed by atoms with Gasteiger partial charge in [-0.25, -0.2) is 0 Å². The third kappa shape index (κ3) is 2.61. The van der Waals surface area contributed by atoms with E-state index < -0.39 is 12.4 Å². The number of carboxylic acids is 1. The molecular formula is C12H13NO3S. The number of carbonyl (C=O) groups is 2. The van der Waals surface area contributed by atoms with Gasteiger partial charge in [0.25, 0.3) is 0 Å². The summed E-state index contributed by atoms with van der Waals surface area (Å²) >= 11 is 1.76. The van der Waals surface area contributed by atoms with Crippen LogP contribution in [0.15, 0.2) is 23.1 Å². The molecule has 1 aromatic carbocycles. The number of ketones is 1. The molecule has 0 fully saturated rings. The van der Waals surface area contributed by atoms with Crippen LogP contribution in [0.25, 0.3) is 0 Å². The molecule has 0 saturated heterocycles. The maximum atomic E-state index is 11.6. The summed E-state index contributed by atoms with van der Waals surface area (Å²) in [6.07, 6.45) is -0.449. The smallest absolute Gasteiger partial charge is 0.311 e. The van der Waals surface area contributed by atoms with Gasteiger partial charge in [0.15, 0.2) is 5.78 Å². The number of benzene rings is 1. The average molecular weight is 251 g/mol. The number of anilines is 1. The Bertz CT molecular complexity index is 473. The number of nitrogens with zero attached hydrogens (tertiary/aromatic N) is 1. The number of aliphatic carboxylic acids is 1. The molecule has 2 rings (SSSR count). The maximum absolute atomic E-state index is 11.6. The average Bonchev–Trinajstić information content (AvgIpc) is 2.28. The van der Waals surface area contributed by atoms with Crippen molar-refractivity contribution in [1.29, 1.82) is 0 Å². The molecule has 1 aliphatic rings. The van der Waals surface area contributed by atoms with Crippen molar-refractivity contribution in [2.24, 2.45) is 0 Å². The fourth-order valence-electron chi connectivity index (χ4n) is 1.76. The van der Waals surface area contributed by atoms with Gasteiger partial charge >= 0.3 is 5.97 Å². The number of hydrogen-bond acceptors (Lipinski definition) is 4. The molecule has 0 aliphatic carbocycles. The lowest BCUT2D eigenvalue weighted by molar-refractivity contribution is -0.135. The zero-order chi connectivity index (χ0) is 12.4. The van der Waals surface area contributed by atoms with Gasteiger partial charge in [0, 0.05) is 29.8 Å². The zero-order valence-electron chi connectivity index (χ0n) is 9.47. The van der Waals surface area contributed by atoms with E-state index in [-0.39, 0.29) is 5.78 Å². The van der Waals surface area contributed by atoms with Crippen molar-refractivity contribution in [2.75, 3.05) is 24.2 Å². The molecular weight excluding hydrogens is 238 g/mol. The second-order valence-corrected chi connectivity index (χ2v) is 5.08. The first kappa shape index (κ1) is 12.0. The van der Waals surface area contributed by atoms with E-state index in [9.17, 15) is 9.59 Å². The highest BCUT2D eigenvalue weighted by Gasteiger charge is 2.17. The predicted molar refractivity (Wildman–Crippen MR) is 67.0 cm³/mol. The van der Waals surface area contributed by atoms with Crippen LogP contribution >= 0.6 is 11.8 Å². The number of carboxylic acid groups (broad SMARTS) is 1. The first-order valence-corrected chi connectivity index (χ1v) is 6.29. The van der Waals surface area contributed by atoms with Crippen molar-refractivity contribution < 1.29 is 14.7 Å². The van der Waals surface area contributed by atoms with Crippen molar-refractivity contribution in [3.8, 4) is 0 Å². The molecule has 0 saturated carbocycles. The number of hydrogen-bond donors (Lipinski definition) is 1. The van der Waals surface area contributed by atoms with Crippen molar-refractivity contribution in [2.45, 2.75) is 11.3 Å². The second kappa shape index (κ2) is 4.79. The van der Waals surface area contributed by atoms with Crippen LogP contribution in [0.3, 0.4) is 0 Å². The van der Waals surface area contributed by atoms with Gasteiger partial charge in [-0.2, -0.15) is 0 Å². The van der Waals surface area contributed by atoms with E-state index in [1.54, 1.807) is 23.9 Å². The van der Waals surface area contributed by atoms with Crippen LogP contribution in [0.5, 0.6) is 0 Å². The molecule has 0 bridgehead atoms. The summed E-state index contributed by atoms with van der Waals surface area (Å²) in [5.74, 6) is -0.397. The summed E-state index contributed by atoms with van der Waals surface area (Å²) in [7, 11) is 1.98. The molecule has 0 aromatic heterocycles. The Morgan fingerprint density at radius 3 is 2.94 bits per heavy atom. The van der Waals surface area contributed by atoms with Crippen molar-refractivity contribution in [1.82, 2.24) is 0 Å². The van der Waals surface area contributed by atoms with Gasteiger partial charge in [0.05, 0.1) is 5.69 Å². The van der Waals surface area contributed by atoms with Crippen molar-refractivity contribution >= 4 is 29.2 Å². The fourth-order valence-corrected chi connectivity index (χ4v) is 2.88. The summed E-state index contributed by atoms with van der Waals surface area (Å²) in [4.78, 5) is 25.4. The topological polar surface area (TPSA) is 57.6 Å². The number of fused-ring (bicyclic) bond motifs is 1. The van der Waals surface area contributed by atoms with Gasteiger partial charge < -0.3 is 10.0 Å². The van der Waals surface area contributed by atoms with Gasteiger partial charge in [-0.1, -0.05) is 6.07 Å². The number of carbonyl (C=O) groups excluding carboxylic acids is 1. The number of Topliss-reactive ketones (excluding diaryl/α,β-unsaturated/α-hetero) is 1. The van der Waals surface area contributed by atoms with Gasteiger partial charge in [0.1, 0.15) is 6.42 Å². The molecule has 1 heterocycles. The van der Waals surface area contributed by atoms with E-state index in [0.717, 1.165) is 22.9 Å². The van der Waals surface area contributed by atoms with Crippen LogP contribution in [-0.4, -0.2) is 36.2 Å². The minimum atomic E-state index is -1.09. The van der Waals surface area contributed by atoms with E-state index in [1.807, 2.05) is 13.1 Å². The van der Waals surface area contributed by atoms with Crippen molar-refractivity contribution in [3.05, 3.63) is 23.8 Å². The first-order valence-electron chi connectivity index (χ1n) is 5.31. The minimum absolute atomic E-state index is 0.343. The SMILES string of the molecule is CN1CCSc2ccc(C(=O)CC(=O)O)cc21. The molecule has 0 amide bonds. The molecule has 1 aromatic rings. The zero-order valence-corrected chi connectivity index (χ0v) is 10.3. The summed E-state index contributed by atoms with van der Waals surface area (Å²) in [6, 6.07) is 5.38. The van der Waals surface area contributed by atoms with E-state index >= 15 is 0 Å². The van der Waals surface area contributed by atoms with Crippen LogP contribution in [0.2, 0.25) is 0 Å².